The summed E-state index contributed by atoms with van der Waals surface area (Å²) in [5.41, 5.74) is 1.49. The van der Waals surface area contributed by atoms with Crippen LogP contribution in [0.25, 0.3) is 0 Å². The Morgan fingerprint density at radius 3 is 1.86 bits per heavy atom. The van der Waals surface area contributed by atoms with Gasteiger partial charge in [-0.25, -0.2) is 0 Å². The van der Waals surface area contributed by atoms with E-state index in [2.05, 4.69) is 85.1 Å². The van der Waals surface area contributed by atoms with Crippen molar-refractivity contribution in [2.24, 2.45) is 0 Å². The van der Waals surface area contributed by atoms with Crippen LogP contribution in [-0.2, 0) is 0 Å². The molecule has 0 atom stereocenters. The summed E-state index contributed by atoms with van der Waals surface area (Å²) in [5, 5.41) is 0. The largest absolute Gasteiger partial charge is 0.186 e. The molecule has 0 heterocycles. The summed E-state index contributed by atoms with van der Waals surface area (Å²) in [5.74, 6) is 1.14. The summed E-state index contributed by atoms with van der Waals surface area (Å²) < 4.78 is 0. The Balaban J connectivity index is 2.03. The van der Waals surface area contributed by atoms with Gasteiger partial charge < -0.3 is 0 Å². The van der Waals surface area contributed by atoms with Gasteiger partial charge in [-0.05, 0) is 58.7 Å². The lowest BCUT2D eigenvalue weighted by Gasteiger charge is -2.38. The Kier molecular flexibility index (Phi) is 4.31. The van der Waals surface area contributed by atoms with Crippen molar-refractivity contribution in [1.82, 2.24) is 0 Å². The molecule has 3 rings (SSSR count). The van der Waals surface area contributed by atoms with E-state index in [0.29, 0.717) is 0 Å². The minimum Gasteiger partial charge on any atom is -0.186 e. The van der Waals surface area contributed by atoms with Gasteiger partial charge in [-0.1, -0.05) is 54.6 Å². The maximum Gasteiger partial charge on any atom is 0.00976 e. The Morgan fingerprint density at radius 2 is 1.38 bits per heavy atom. The molecule has 108 valence electrons. The summed E-state index contributed by atoms with van der Waals surface area (Å²) in [6.07, 6.45) is 11.9. The van der Waals surface area contributed by atoms with Crippen molar-refractivity contribution < 1.29 is 0 Å². The maximum absolute atomic E-state index is 2.45. The second-order valence-corrected chi connectivity index (χ2v) is 9.02. The van der Waals surface area contributed by atoms with Crippen LogP contribution in [0.2, 0.25) is 0 Å². The average Bonchev–Trinajstić information content (AvgIpc) is 2.57. The molecule has 0 aliphatic heterocycles. The number of hydrogen-bond acceptors (Lipinski definition) is 0. The molecule has 1 heteroatoms. The predicted octanol–water partition coefficient (Wildman–Crippen LogP) is 5.82. The van der Waals surface area contributed by atoms with Crippen molar-refractivity contribution in [3.05, 3.63) is 84.5 Å². The lowest BCUT2D eigenvalue weighted by atomic mass is 10.1. The van der Waals surface area contributed by atoms with Gasteiger partial charge in [0.2, 0.25) is 0 Å². The zero-order chi connectivity index (χ0) is 14.5. The molecule has 0 aromatic heterocycles. The van der Waals surface area contributed by atoms with Crippen molar-refractivity contribution >= 4 is 10.0 Å². The van der Waals surface area contributed by atoms with Crippen LogP contribution < -0.4 is 0 Å². The highest BCUT2D eigenvalue weighted by molar-refractivity contribution is 8.33. The van der Waals surface area contributed by atoms with E-state index in [1.165, 1.54) is 28.2 Å². The summed E-state index contributed by atoms with van der Waals surface area (Å²) in [7, 11) is -1.02. The number of allylic oxidation sites excluding steroid dienone is 3. The van der Waals surface area contributed by atoms with Gasteiger partial charge in [0.1, 0.15) is 0 Å². The van der Waals surface area contributed by atoms with Crippen LogP contribution in [-0.4, -0.2) is 12.0 Å². The van der Waals surface area contributed by atoms with Crippen LogP contribution in [0, 0.1) is 0 Å². The Morgan fingerprint density at radius 1 is 0.810 bits per heavy atom. The first-order valence-electron chi connectivity index (χ1n) is 7.51. The fourth-order valence-electron chi connectivity index (χ4n) is 2.85. The van der Waals surface area contributed by atoms with Gasteiger partial charge >= 0.3 is 0 Å². The molecule has 0 amide bonds. The maximum atomic E-state index is 2.45. The second kappa shape index (κ2) is 6.36. The van der Waals surface area contributed by atoms with Crippen LogP contribution in [0.5, 0.6) is 0 Å². The Hall–Kier alpha value is -1.73. The fraction of sp³-hybridized carbons (Fsp3) is 0.200. The molecule has 0 bridgehead atoms. The standard InChI is InChI=1S/C20H22S/c1-21(19-13-7-3-8-14-19,20-15-9-4-10-16-20)17-18-11-5-2-6-12-18/h3-5,7-16H,2,6,17H2,1H3. The van der Waals surface area contributed by atoms with Gasteiger partial charge in [0.15, 0.2) is 0 Å². The smallest absolute Gasteiger partial charge is 0.00976 e. The molecule has 2 aromatic carbocycles. The summed E-state index contributed by atoms with van der Waals surface area (Å²) in [6, 6.07) is 22.0. The quantitative estimate of drug-likeness (QED) is 0.667. The summed E-state index contributed by atoms with van der Waals surface area (Å²) >= 11 is 0. The van der Waals surface area contributed by atoms with E-state index in [1.807, 2.05) is 0 Å². The third kappa shape index (κ3) is 3.14. The van der Waals surface area contributed by atoms with Gasteiger partial charge in [-0.15, -0.1) is 0 Å². The molecule has 0 fully saturated rings. The number of rotatable bonds is 4. The highest BCUT2D eigenvalue weighted by Gasteiger charge is 2.24. The minimum atomic E-state index is -1.02. The van der Waals surface area contributed by atoms with E-state index in [1.54, 1.807) is 0 Å². The molecule has 0 nitrogen and oxygen atoms in total. The lowest BCUT2D eigenvalue weighted by molar-refractivity contribution is 1.02. The molecule has 0 unspecified atom stereocenters. The van der Waals surface area contributed by atoms with E-state index in [4.69, 9.17) is 0 Å². The summed E-state index contributed by atoms with van der Waals surface area (Å²) in [4.78, 5) is 2.94. The zero-order valence-corrected chi connectivity index (χ0v) is 13.4. The average molecular weight is 294 g/mol. The van der Waals surface area contributed by atoms with Crippen LogP contribution >= 0.6 is 10.0 Å². The molecular formula is C20H22S. The van der Waals surface area contributed by atoms with Crippen molar-refractivity contribution in [2.75, 3.05) is 12.0 Å². The van der Waals surface area contributed by atoms with E-state index in [-0.39, 0.29) is 0 Å². The molecule has 0 saturated carbocycles. The van der Waals surface area contributed by atoms with E-state index in [0.717, 1.165) is 5.75 Å². The van der Waals surface area contributed by atoms with E-state index in [9.17, 15) is 0 Å². The Labute approximate surface area is 129 Å². The molecule has 1 aliphatic carbocycles. The van der Waals surface area contributed by atoms with Gasteiger partial charge in [-0.3, -0.25) is 0 Å². The van der Waals surface area contributed by atoms with Crippen LogP contribution in [0.15, 0.2) is 94.3 Å². The molecule has 0 N–H and O–H groups in total. The molecule has 2 aromatic rings. The zero-order valence-electron chi connectivity index (χ0n) is 12.5. The first-order valence-corrected chi connectivity index (χ1v) is 9.72. The number of hydrogen-bond donors (Lipinski definition) is 0. The van der Waals surface area contributed by atoms with Gasteiger partial charge in [0.25, 0.3) is 0 Å². The first kappa shape index (κ1) is 14.2. The first-order chi connectivity index (χ1) is 10.3. The van der Waals surface area contributed by atoms with Crippen molar-refractivity contribution in [2.45, 2.75) is 22.6 Å². The molecular weight excluding hydrogens is 272 g/mol. The molecule has 21 heavy (non-hydrogen) atoms. The third-order valence-electron chi connectivity index (χ3n) is 4.05. The molecule has 0 saturated heterocycles. The van der Waals surface area contributed by atoms with E-state index < -0.39 is 10.0 Å². The van der Waals surface area contributed by atoms with Crippen LogP contribution in [0.3, 0.4) is 0 Å². The third-order valence-corrected chi connectivity index (χ3v) is 7.59. The highest BCUT2D eigenvalue weighted by Crippen LogP contribution is 2.60. The molecule has 1 aliphatic rings. The second-order valence-electron chi connectivity index (χ2n) is 5.62. The van der Waals surface area contributed by atoms with E-state index >= 15 is 0 Å². The Bertz CT molecular complexity index is 599. The van der Waals surface area contributed by atoms with Gasteiger partial charge in [0, 0.05) is 5.75 Å². The number of benzene rings is 2. The van der Waals surface area contributed by atoms with Crippen molar-refractivity contribution in [3.8, 4) is 0 Å². The normalized spacial score (nSPS) is 15.6. The molecule has 0 spiro atoms. The predicted molar refractivity (Wildman–Crippen MR) is 94.3 cm³/mol. The minimum absolute atomic E-state index is 1.02. The fourth-order valence-corrected chi connectivity index (χ4v) is 5.85. The van der Waals surface area contributed by atoms with Gasteiger partial charge in [0.05, 0.1) is 0 Å². The highest BCUT2D eigenvalue weighted by atomic mass is 32.3. The summed E-state index contributed by atoms with van der Waals surface area (Å²) in [6.45, 7) is 0. The monoisotopic (exact) mass is 294 g/mol. The van der Waals surface area contributed by atoms with Crippen molar-refractivity contribution in [1.29, 1.82) is 0 Å². The van der Waals surface area contributed by atoms with Crippen LogP contribution in [0.4, 0.5) is 0 Å². The van der Waals surface area contributed by atoms with Crippen LogP contribution in [0.1, 0.15) is 12.8 Å². The van der Waals surface area contributed by atoms with Crippen molar-refractivity contribution in [3.63, 3.8) is 0 Å². The molecule has 0 radical (unpaired) electrons. The SMILES string of the molecule is CS(CC1=CCCC=C1)(c1ccccc1)c1ccccc1. The van der Waals surface area contributed by atoms with Gasteiger partial charge in [-0.2, -0.15) is 10.0 Å². The lowest BCUT2D eigenvalue weighted by Crippen LogP contribution is -2.07. The topological polar surface area (TPSA) is 0 Å².